The molecule has 2 aromatic rings. The molecule has 1 unspecified atom stereocenters. The average molecular weight is 230 g/mol. The Kier molecular flexibility index (Phi) is 2.36. The number of aromatic nitrogens is 5. The van der Waals surface area contributed by atoms with Gasteiger partial charge in [0.1, 0.15) is 17.8 Å². The minimum atomic E-state index is 0.298. The highest BCUT2D eigenvalue weighted by atomic mass is 15.3. The van der Waals surface area contributed by atoms with Crippen LogP contribution >= 0.6 is 0 Å². The van der Waals surface area contributed by atoms with Crippen molar-refractivity contribution < 1.29 is 0 Å². The van der Waals surface area contributed by atoms with Crippen molar-refractivity contribution in [2.24, 2.45) is 0 Å². The summed E-state index contributed by atoms with van der Waals surface area (Å²) in [7, 11) is 2.10. The summed E-state index contributed by atoms with van der Waals surface area (Å²) >= 11 is 0. The zero-order chi connectivity index (χ0) is 11.8. The third kappa shape index (κ3) is 1.61. The van der Waals surface area contributed by atoms with Crippen molar-refractivity contribution in [1.29, 1.82) is 0 Å². The van der Waals surface area contributed by atoms with Crippen molar-refractivity contribution in [3.05, 3.63) is 24.4 Å². The Hall–Kier alpha value is -1.82. The van der Waals surface area contributed by atoms with E-state index in [1.54, 1.807) is 6.20 Å². The maximum atomic E-state index is 4.28. The lowest BCUT2D eigenvalue weighted by Gasteiger charge is -2.30. The Morgan fingerprint density at radius 3 is 2.94 bits per heavy atom. The van der Waals surface area contributed by atoms with E-state index in [9.17, 15) is 0 Å². The van der Waals surface area contributed by atoms with Gasteiger partial charge in [-0.15, -0.1) is 10.2 Å². The van der Waals surface area contributed by atoms with Gasteiger partial charge in [-0.25, -0.2) is 9.97 Å². The lowest BCUT2D eigenvalue weighted by molar-refractivity contribution is 0.206. The molecule has 3 rings (SSSR count). The van der Waals surface area contributed by atoms with E-state index in [0.29, 0.717) is 6.04 Å². The summed E-state index contributed by atoms with van der Waals surface area (Å²) in [6.07, 6.45) is 3.26. The molecule has 1 aliphatic rings. The average Bonchev–Trinajstić information content (AvgIpc) is 2.79. The quantitative estimate of drug-likeness (QED) is 0.723. The number of hydrogen-bond acceptors (Lipinski definition) is 5. The normalized spacial score (nSPS) is 20.2. The molecule has 0 fully saturated rings. The minimum Gasteiger partial charge on any atom is -0.307 e. The first-order valence-corrected chi connectivity index (χ1v) is 5.67. The predicted molar refractivity (Wildman–Crippen MR) is 62.1 cm³/mol. The molecule has 0 N–H and O–H groups in total. The van der Waals surface area contributed by atoms with Gasteiger partial charge in [-0.2, -0.15) is 0 Å². The van der Waals surface area contributed by atoms with Gasteiger partial charge in [-0.1, -0.05) is 0 Å². The summed E-state index contributed by atoms with van der Waals surface area (Å²) < 4.78 is 2.15. The van der Waals surface area contributed by atoms with Crippen LogP contribution in [-0.2, 0) is 6.54 Å². The number of fused-ring (bicyclic) bond motifs is 1. The summed E-state index contributed by atoms with van der Waals surface area (Å²) in [6, 6.07) is 2.16. The fraction of sp³-hybridized carbons (Fsp3) is 0.455. The lowest BCUT2D eigenvalue weighted by Crippen LogP contribution is -2.34. The second-order valence-corrected chi connectivity index (χ2v) is 4.28. The van der Waals surface area contributed by atoms with Crippen LogP contribution in [0.5, 0.6) is 0 Å². The third-order valence-electron chi connectivity index (χ3n) is 3.30. The summed E-state index contributed by atoms with van der Waals surface area (Å²) in [6.45, 7) is 4.05. The molecule has 17 heavy (non-hydrogen) atoms. The Bertz CT molecular complexity index is 520. The van der Waals surface area contributed by atoms with Crippen molar-refractivity contribution in [3.63, 3.8) is 0 Å². The Labute approximate surface area is 99.3 Å². The molecule has 0 saturated carbocycles. The highest BCUT2D eigenvalue weighted by Gasteiger charge is 2.26. The summed E-state index contributed by atoms with van der Waals surface area (Å²) in [4.78, 5) is 10.4. The molecule has 2 aromatic heterocycles. The molecule has 0 aliphatic carbocycles. The van der Waals surface area contributed by atoms with Crippen LogP contribution in [0.2, 0.25) is 0 Å². The minimum absolute atomic E-state index is 0.298. The smallest absolute Gasteiger partial charge is 0.182 e. The summed E-state index contributed by atoms with van der Waals surface area (Å²) in [5, 5.41) is 8.52. The van der Waals surface area contributed by atoms with Crippen molar-refractivity contribution in [1.82, 2.24) is 29.6 Å². The van der Waals surface area contributed by atoms with Crippen molar-refractivity contribution in [2.45, 2.75) is 19.5 Å². The highest BCUT2D eigenvalue weighted by Crippen LogP contribution is 2.25. The van der Waals surface area contributed by atoms with Gasteiger partial charge < -0.3 is 4.57 Å². The van der Waals surface area contributed by atoms with Crippen LogP contribution in [0.1, 0.15) is 18.8 Å². The first-order chi connectivity index (χ1) is 8.27. The molecule has 1 aliphatic heterocycles. The fourth-order valence-corrected chi connectivity index (χ4v) is 2.11. The molecule has 0 bridgehead atoms. The van der Waals surface area contributed by atoms with Gasteiger partial charge in [0.2, 0.25) is 0 Å². The van der Waals surface area contributed by atoms with Gasteiger partial charge in [0, 0.05) is 19.3 Å². The molecule has 88 valence electrons. The topological polar surface area (TPSA) is 59.7 Å². The molecular formula is C11H14N6. The van der Waals surface area contributed by atoms with Gasteiger partial charge in [0.25, 0.3) is 0 Å². The van der Waals surface area contributed by atoms with E-state index in [4.69, 9.17) is 0 Å². The largest absolute Gasteiger partial charge is 0.307 e. The monoisotopic (exact) mass is 230 g/mol. The van der Waals surface area contributed by atoms with E-state index in [2.05, 4.69) is 43.6 Å². The first kappa shape index (κ1) is 10.3. The number of nitrogens with zero attached hydrogens (tertiary/aromatic N) is 6. The van der Waals surface area contributed by atoms with Crippen molar-refractivity contribution >= 4 is 0 Å². The molecule has 0 amide bonds. The van der Waals surface area contributed by atoms with Crippen LogP contribution in [-0.4, -0.2) is 43.2 Å². The van der Waals surface area contributed by atoms with Gasteiger partial charge in [-0.3, -0.25) is 4.90 Å². The van der Waals surface area contributed by atoms with Crippen LogP contribution in [0.15, 0.2) is 18.6 Å². The zero-order valence-corrected chi connectivity index (χ0v) is 9.91. The molecule has 6 heteroatoms. The third-order valence-corrected chi connectivity index (χ3v) is 3.30. The van der Waals surface area contributed by atoms with Crippen LogP contribution in [0, 0.1) is 0 Å². The SMILES string of the molecule is CC1c2nnc(-c3ccncn3)n2CCN1C. The number of likely N-dealkylation sites (N-methyl/N-ethyl adjacent to an activating group) is 1. The highest BCUT2D eigenvalue weighted by molar-refractivity contribution is 5.48. The van der Waals surface area contributed by atoms with Crippen molar-refractivity contribution in [3.8, 4) is 11.5 Å². The maximum Gasteiger partial charge on any atom is 0.182 e. The molecule has 0 saturated heterocycles. The molecule has 6 nitrogen and oxygen atoms in total. The molecule has 3 heterocycles. The van der Waals surface area contributed by atoms with Crippen LogP contribution < -0.4 is 0 Å². The Balaban J connectivity index is 2.08. The van der Waals surface area contributed by atoms with Gasteiger partial charge in [0.05, 0.1) is 6.04 Å². The number of hydrogen-bond donors (Lipinski definition) is 0. The molecule has 1 atom stereocenters. The number of rotatable bonds is 1. The Morgan fingerprint density at radius 2 is 2.18 bits per heavy atom. The lowest BCUT2D eigenvalue weighted by atomic mass is 10.2. The van der Waals surface area contributed by atoms with E-state index in [0.717, 1.165) is 30.4 Å². The van der Waals surface area contributed by atoms with E-state index in [-0.39, 0.29) is 0 Å². The predicted octanol–water partition coefficient (Wildman–Crippen LogP) is 0.741. The standard InChI is InChI=1S/C11H14N6/c1-8-10-14-15-11(9-3-4-12-7-13-9)17(10)6-5-16(8)2/h3-4,7-8H,5-6H2,1-2H3. The van der Waals surface area contributed by atoms with E-state index >= 15 is 0 Å². The molecular weight excluding hydrogens is 216 g/mol. The van der Waals surface area contributed by atoms with Crippen molar-refractivity contribution in [2.75, 3.05) is 13.6 Å². The summed E-state index contributed by atoms with van der Waals surface area (Å²) in [5.74, 6) is 1.84. The van der Waals surface area contributed by atoms with Crippen LogP contribution in [0.3, 0.4) is 0 Å². The Morgan fingerprint density at radius 1 is 1.29 bits per heavy atom. The molecule has 0 aromatic carbocycles. The molecule has 0 spiro atoms. The van der Waals surface area contributed by atoms with Crippen LogP contribution in [0.4, 0.5) is 0 Å². The van der Waals surface area contributed by atoms with E-state index in [1.807, 2.05) is 6.07 Å². The second kappa shape index (κ2) is 3.89. The van der Waals surface area contributed by atoms with Crippen LogP contribution in [0.25, 0.3) is 11.5 Å². The maximum absolute atomic E-state index is 4.28. The van der Waals surface area contributed by atoms with Gasteiger partial charge in [-0.05, 0) is 20.0 Å². The van der Waals surface area contributed by atoms with Gasteiger partial charge in [0.15, 0.2) is 5.82 Å². The molecule has 0 radical (unpaired) electrons. The van der Waals surface area contributed by atoms with E-state index < -0.39 is 0 Å². The zero-order valence-electron chi connectivity index (χ0n) is 9.91. The first-order valence-electron chi connectivity index (χ1n) is 5.67. The van der Waals surface area contributed by atoms with Gasteiger partial charge >= 0.3 is 0 Å². The fourth-order valence-electron chi connectivity index (χ4n) is 2.11. The second-order valence-electron chi connectivity index (χ2n) is 4.28. The summed E-state index contributed by atoms with van der Waals surface area (Å²) in [5.41, 5.74) is 0.829. The van der Waals surface area contributed by atoms with E-state index in [1.165, 1.54) is 6.33 Å².